The van der Waals surface area contributed by atoms with E-state index in [1.54, 1.807) is 0 Å². The summed E-state index contributed by atoms with van der Waals surface area (Å²) in [4.78, 5) is 0. The maximum atomic E-state index is 6.23. The van der Waals surface area contributed by atoms with Crippen LogP contribution in [0.25, 0.3) is 10.9 Å². The molecule has 17 heavy (non-hydrogen) atoms. The largest absolute Gasteiger partial charge is 0.237 e. The monoisotopic (exact) mass is 446 g/mol. The molecule has 0 fully saturated rings. The third-order valence-corrected chi connectivity index (χ3v) is 5.32. The molecule has 0 aliphatic rings. The molecule has 0 N–H and O–H groups in total. The Morgan fingerprint density at radius 2 is 2.00 bits per heavy atom. The molecule has 0 bridgehead atoms. The maximum Gasteiger partial charge on any atom is 0.0787 e. The fourth-order valence-electron chi connectivity index (χ4n) is 1.63. The first-order valence-electron chi connectivity index (χ1n) is 5.27. The highest BCUT2D eigenvalue weighted by atomic mass is 127. The molecule has 2 rings (SSSR count). The predicted molar refractivity (Wildman–Crippen MR) is 91.0 cm³/mol. The molecular weight excluding hydrogens is 433 g/mol. The van der Waals surface area contributed by atoms with E-state index in [-0.39, 0.29) is 0 Å². The Balaban J connectivity index is 0.000000686. The molecular formula is C11H14BrClIN2P. The van der Waals surface area contributed by atoms with Crippen molar-refractivity contribution in [1.29, 1.82) is 0 Å². The molecule has 2 nitrogen and oxygen atoms in total. The highest BCUT2D eigenvalue weighted by molar-refractivity contribution is 14.2. The van der Waals surface area contributed by atoms with Crippen LogP contribution in [0.15, 0.2) is 10.5 Å². The molecule has 2 aromatic rings. The summed E-state index contributed by atoms with van der Waals surface area (Å²) in [5.41, 5.74) is 3.33. The molecule has 1 aromatic heterocycles. The highest BCUT2D eigenvalue weighted by Crippen LogP contribution is 2.38. The van der Waals surface area contributed by atoms with Gasteiger partial charge in [0.2, 0.25) is 0 Å². The molecule has 6 heteroatoms. The molecule has 0 aliphatic carbocycles. The smallest absolute Gasteiger partial charge is 0.0787 e. The summed E-state index contributed by atoms with van der Waals surface area (Å²) >= 11 is 12.1. The Morgan fingerprint density at radius 3 is 2.53 bits per heavy atom. The van der Waals surface area contributed by atoms with Gasteiger partial charge in [-0.1, -0.05) is 41.4 Å². The summed E-state index contributed by atoms with van der Waals surface area (Å²) in [7, 11) is 0. The van der Waals surface area contributed by atoms with Crippen molar-refractivity contribution >= 4 is 66.8 Å². The van der Waals surface area contributed by atoms with Crippen LogP contribution >= 0.6 is 55.9 Å². The van der Waals surface area contributed by atoms with E-state index < -0.39 is 0 Å². The van der Waals surface area contributed by atoms with Crippen molar-refractivity contribution in [3.63, 3.8) is 0 Å². The number of aryl methyl sites for hydroxylation is 2. The summed E-state index contributed by atoms with van der Waals surface area (Å²) in [6, 6.07) is 1.94. The predicted octanol–water partition coefficient (Wildman–Crippen LogP) is 5.89. The first-order chi connectivity index (χ1) is 8.06. The van der Waals surface area contributed by atoms with E-state index in [4.69, 9.17) is 11.6 Å². The zero-order chi connectivity index (χ0) is 13.2. The van der Waals surface area contributed by atoms with Crippen LogP contribution in [-0.2, 0) is 0 Å². The first-order valence-corrected chi connectivity index (χ1v) is 10.5. The van der Waals surface area contributed by atoms with E-state index in [2.05, 4.69) is 50.0 Å². The van der Waals surface area contributed by atoms with Crippen LogP contribution in [0.4, 0.5) is 0 Å². The molecule has 1 unspecified atom stereocenters. The van der Waals surface area contributed by atoms with Gasteiger partial charge in [0.15, 0.2) is 0 Å². The van der Waals surface area contributed by atoms with Crippen LogP contribution in [0, 0.1) is 13.8 Å². The van der Waals surface area contributed by atoms with Gasteiger partial charge in [0, 0.05) is 9.86 Å². The van der Waals surface area contributed by atoms with E-state index in [0.29, 0.717) is 6.37 Å². The molecule has 0 saturated heterocycles. The summed E-state index contributed by atoms with van der Waals surface area (Å²) < 4.78 is 3.05. The lowest BCUT2D eigenvalue weighted by Crippen LogP contribution is -1.87. The van der Waals surface area contributed by atoms with E-state index in [0.717, 1.165) is 26.1 Å². The zero-order valence-electron chi connectivity index (χ0n) is 10.1. The second kappa shape index (κ2) is 6.69. The minimum absolute atomic E-state index is 0.590. The molecule has 0 amide bonds. The van der Waals surface area contributed by atoms with E-state index in [1.165, 1.54) is 5.56 Å². The van der Waals surface area contributed by atoms with Crippen molar-refractivity contribution in [2.24, 2.45) is 0 Å². The number of hydrogen-bond donors (Lipinski definition) is 0. The summed E-state index contributed by atoms with van der Waals surface area (Å²) in [6.07, 6.45) is 0.590. The number of benzene rings is 1. The van der Waals surface area contributed by atoms with Crippen molar-refractivity contribution < 1.29 is 0 Å². The Bertz CT molecular complexity index is 542. The SMILES string of the molecule is CC.Cc1nn(PI)c2c(C)c(Br)cc(Cl)c12. The Kier molecular flexibility index (Phi) is 6.17. The lowest BCUT2D eigenvalue weighted by Gasteiger charge is -2.05. The molecule has 1 atom stereocenters. The molecule has 0 radical (unpaired) electrons. The number of hydrogen-bond acceptors (Lipinski definition) is 1. The van der Waals surface area contributed by atoms with Gasteiger partial charge in [0.05, 0.1) is 22.6 Å². The van der Waals surface area contributed by atoms with E-state index in [9.17, 15) is 0 Å². The molecule has 0 spiro atoms. The highest BCUT2D eigenvalue weighted by Gasteiger charge is 2.14. The Hall–Kier alpha value is 0.620. The molecule has 0 aliphatic heterocycles. The minimum atomic E-state index is 0.590. The van der Waals surface area contributed by atoms with Gasteiger partial charge in [-0.2, -0.15) is 5.10 Å². The van der Waals surface area contributed by atoms with Gasteiger partial charge in [-0.25, -0.2) is 4.45 Å². The third-order valence-electron chi connectivity index (χ3n) is 2.35. The number of fused-ring (bicyclic) bond motifs is 1. The Morgan fingerprint density at radius 1 is 1.41 bits per heavy atom. The van der Waals surface area contributed by atoms with Gasteiger partial charge in [-0.05, 0) is 47.5 Å². The third kappa shape index (κ3) is 2.96. The van der Waals surface area contributed by atoms with Crippen LogP contribution in [0.3, 0.4) is 0 Å². The molecule has 0 saturated carbocycles. The number of nitrogens with zero attached hydrogens (tertiary/aromatic N) is 2. The fourth-order valence-corrected chi connectivity index (χ4v) is 4.11. The van der Waals surface area contributed by atoms with E-state index >= 15 is 0 Å². The van der Waals surface area contributed by atoms with Crippen LogP contribution in [0.5, 0.6) is 0 Å². The molecule has 1 heterocycles. The number of rotatable bonds is 1. The summed E-state index contributed by atoms with van der Waals surface area (Å²) in [6.45, 7) is 8.08. The Labute approximate surface area is 130 Å². The standard InChI is InChI=1S/C9H8BrClIN2P.C2H6/c1-4-6(10)3-7(11)8-5(2)13-14(15-12)9(4)8;1-2/h3,15H,1-2H3;1-2H3. The van der Waals surface area contributed by atoms with Crippen molar-refractivity contribution in [1.82, 2.24) is 9.55 Å². The van der Waals surface area contributed by atoms with Crippen LogP contribution in [0.2, 0.25) is 5.02 Å². The quantitative estimate of drug-likeness (QED) is 0.394. The van der Waals surface area contributed by atoms with E-state index in [1.807, 2.05) is 31.3 Å². The van der Waals surface area contributed by atoms with Crippen molar-refractivity contribution in [2.75, 3.05) is 0 Å². The zero-order valence-corrected chi connectivity index (χ0v) is 15.6. The van der Waals surface area contributed by atoms with Crippen molar-refractivity contribution in [3.8, 4) is 0 Å². The summed E-state index contributed by atoms with van der Waals surface area (Å²) in [5, 5.41) is 6.32. The fraction of sp³-hybridized carbons (Fsp3) is 0.364. The van der Waals surface area contributed by atoms with Gasteiger partial charge >= 0.3 is 0 Å². The maximum absolute atomic E-state index is 6.23. The van der Waals surface area contributed by atoms with Gasteiger partial charge < -0.3 is 0 Å². The normalized spacial score (nSPS) is 11.0. The van der Waals surface area contributed by atoms with Crippen molar-refractivity contribution in [2.45, 2.75) is 27.7 Å². The van der Waals surface area contributed by atoms with Gasteiger partial charge in [0.1, 0.15) is 0 Å². The second-order valence-electron chi connectivity index (χ2n) is 3.27. The van der Waals surface area contributed by atoms with Crippen LogP contribution < -0.4 is 0 Å². The van der Waals surface area contributed by atoms with Crippen LogP contribution in [-0.4, -0.2) is 9.55 Å². The van der Waals surface area contributed by atoms with Crippen LogP contribution in [0.1, 0.15) is 25.1 Å². The average molecular weight is 447 g/mol. The lowest BCUT2D eigenvalue weighted by molar-refractivity contribution is 1.000. The lowest BCUT2D eigenvalue weighted by atomic mass is 10.1. The minimum Gasteiger partial charge on any atom is -0.237 e. The average Bonchev–Trinajstić information content (AvgIpc) is 2.66. The molecule has 1 aromatic carbocycles. The second-order valence-corrected chi connectivity index (χ2v) is 6.57. The van der Waals surface area contributed by atoms with Crippen molar-refractivity contribution in [3.05, 3.63) is 26.8 Å². The van der Waals surface area contributed by atoms with Gasteiger partial charge in [0.25, 0.3) is 0 Å². The van der Waals surface area contributed by atoms with Gasteiger partial charge in [-0.15, -0.1) is 0 Å². The molecule has 94 valence electrons. The van der Waals surface area contributed by atoms with Gasteiger partial charge in [-0.3, -0.25) is 0 Å². The first kappa shape index (κ1) is 15.7. The number of halogens is 3. The summed E-state index contributed by atoms with van der Waals surface area (Å²) in [5.74, 6) is 0. The number of aromatic nitrogens is 2. The topological polar surface area (TPSA) is 17.8 Å².